The van der Waals surface area contributed by atoms with Crippen LogP contribution in [0.3, 0.4) is 0 Å². The van der Waals surface area contributed by atoms with E-state index in [4.69, 9.17) is 4.74 Å². The molecule has 0 aromatic heterocycles. The predicted octanol–water partition coefficient (Wildman–Crippen LogP) is 6.67. The van der Waals surface area contributed by atoms with Crippen LogP contribution in [0.1, 0.15) is 57.1 Å². The van der Waals surface area contributed by atoms with Gasteiger partial charge in [0.15, 0.2) is 5.78 Å². The number of hydrogen-bond acceptors (Lipinski definition) is 4. The van der Waals surface area contributed by atoms with Crippen LogP contribution in [0.25, 0.3) is 11.1 Å². The fourth-order valence-electron chi connectivity index (χ4n) is 5.75. The van der Waals surface area contributed by atoms with E-state index in [1.165, 1.54) is 0 Å². The Morgan fingerprint density at radius 1 is 0.949 bits per heavy atom. The minimum atomic E-state index is -0.416. The average Bonchev–Trinajstić information content (AvgIpc) is 2.95. The van der Waals surface area contributed by atoms with Crippen molar-refractivity contribution in [3.8, 4) is 16.9 Å². The van der Waals surface area contributed by atoms with E-state index in [-0.39, 0.29) is 17.1 Å². The summed E-state index contributed by atoms with van der Waals surface area (Å²) < 4.78 is 5.25. The van der Waals surface area contributed by atoms with Crippen molar-refractivity contribution < 1.29 is 14.3 Å². The standard InChI is InChI=1S/C34H36N2O3/c1-5-27-32(33(38)35-21-22-11-17-26(39-4)18-12-22)30(31-28(36-27)19-34(2,3)20-29(31)37)25-15-13-24(14-16-25)23-9-7-6-8-10-23/h6-18,30,36H,5,19-21H2,1-4H3,(H,35,38). The molecule has 0 fully saturated rings. The highest BCUT2D eigenvalue weighted by Crippen LogP contribution is 2.47. The summed E-state index contributed by atoms with van der Waals surface area (Å²) in [7, 11) is 1.63. The number of allylic oxidation sites excluding steroid dienone is 3. The van der Waals surface area contributed by atoms with Gasteiger partial charge in [0.25, 0.3) is 0 Å². The maximum absolute atomic E-state index is 13.9. The number of dihydropyridines is 1. The third kappa shape index (κ3) is 5.53. The van der Waals surface area contributed by atoms with Crippen molar-refractivity contribution in [1.29, 1.82) is 0 Å². The number of methoxy groups -OCH3 is 1. The lowest BCUT2D eigenvalue weighted by Gasteiger charge is -2.40. The summed E-state index contributed by atoms with van der Waals surface area (Å²) in [6.45, 7) is 6.70. The summed E-state index contributed by atoms with van der Waals surface area (Å²) in [6, 6.07) is 26.2. The highest BCUT2D eigenvalue weighted by molar-refractivity contribution is 6.05. The molecule has 1 aliphatic heterocycles. The summed E-state index contributed by atoms with van der Waals surface area (Å²) in [6.07, 6.45) is 1.90. The molecule has 1 unspecified atom stereocenters. The van der Waals surface area contributed by atoms with Gasteiger partial charge in [-0.3, -0.25) is 9.59 Å². The number of rotatable bonds is 7. The van der Waals surface area contributed by atoms with Gasteiger partial charge in [0.2, 0.25) is 5.91 Å². The Morgan fingerprint density at radius 3 is 2.26 bits per heavy atom. The molecule has 3 aromatic rings. The molecule has 0 saturated heterocycles. The van der Waals surface area contributed by atoms with E-state index in [2.05, 4.69) is 67.8 Å². The van der Waals surface area contributed by atoms with Crippen molar-refractivity contribution in [3.63, 3.8) is 0 Å². The zero-order valence-corrected chi connectivity index (χ0v) is 23.1. The van der Waals surface area contributed by atoms with Crippen molar-refractivity contribution in [3.05, 3.63) is 113 Å². The second kappa shape index (κ2) is 10.9. The molecule has 2 N–H and O–H groups in total. The van der Waals surface area contributed by atoms with E-state index in [0.29, 0.717) is 25.0 Å². The van der Waals surface area contributed by atoms with Crippen LogP contribution in [0.2, 0.25) is 0 Å². The van der Waals surface area contributed by atoms with Crippen LogP contribution >= 0.6 is 0 Å². The van der Waals surface area contributed by atoms with Gasteiger partial charge in [0.1, 0.15) is 5.75 Å². The lowest BCUT2D eigenvalue weighted by molar-refractivity contribution is -0.118. The number of hydrogen-bond donors (Lipinski definition) is 2. The maximum Gasteiger partial charge on any atom is 0.250 e. The van der Waals surface area contributed by atoms with E-state index in [9.17, 15) is 9.59 Å². The molecule has 1 atom stereocenters. The molecule has 3 aromatic carbocycles. The molecule has 0 radical (unpaired) electrons. The number of amides is 1. The number of Topliss-reactive ketones (excluding diaryl/α,β-unsaturated/α-hetero) is 1. The van der Waals surface area contributed by atoms with Gasteiger partial charge >= 0.3 is 0 Å². The molecular weight excluding hydrogens is 484 g/mol. The molecule has 1 amide bonds. The molecule has 2 aliphatic rings. The van der Waals surface area contributed by atoms with Gasteiger partial charge in [-0.2, -0.15) is 0 Å². The SMILES string of the molecule is CCC1=C(C(=O)NCc2ccc(OC)cc2)C(c2ccc(-c3ccccc3)cc2)C2=C(CC(C)(C)CC2=O)N1. The summed E-state index contributed by atoms with van der Waals surface area (Å²) in [5.74, 6) is 0.313. The van der Waals surface area contributed by atoms with E-state index in [0.717, 1.165) is 51.4 Å². The van der Waals surface area contributed by atoms with Crippen molar-refractivity contribution in [2.45, 2.75) is 52.5 Å². The predicted molar refractivity (Wildman–Crippen MR) is 155 cm³/mol. The molecule has 5 heteroatoms. The fourth-order valence-corrected chi connectivity index (χ4v) is 5.75. The van der Waals surface area contributed by atoms with E-state index in [1.54, 1.807) is 7.11 Å². The van der Waals surface area contributed by atoms with Gasteiger partial charge in [-0.25, -0.2) is 0 Å². The van der Waals surface area contributed by atoms with Crippen LogP contribution < -0.4 is 15.4 Å². The monoisotopic (exact) mass is 520 g/mol. The number of nitrogens with one attached hydrogen (secondary N) is 2. The Bertz CT molecular complexity index is 1430. The smallest absolute Gasteiger partial charge is 0.250 e. The lowest BCUT2D eigenvalue weighted by Crippen LogP contribution is -2.41. The van der Waals surface area contributed by atoms with Gasteiger partial charge < -0.3 is 15.4 Å². The first kappa shape index (κ1) is 26.5. The largest absolute Gasteiger partial charge is 0.497 e. The van der Waals surface area contributed by atoms with Crippen LogP contribution in [0.5, 0.6) is 5.75 Å². The Kier molecular flexibility index (Phi) is 7.42. The summed E-state index contributed by atoms with van der Waals surface area (Å²) in [5, 5.41) is 6.66. The normalized spacial score (nSPS) is 18.4. The molecule has 1 aliphatic carbocycles. The number of benzene rings is 3. The van der Waals surface area contributed by atoms with Crippen LogP contribution in [-0.4, -0.2) is 18.8 Å². The Labute approximate surface area is 231 Å². The Hall–Kier alpha value is -4.12. The molecule has 1 heterocycles. The van der Waals surface area contributed by atoms with Crippen molar-refractivity contribution in [2.75, 3.05) is 7.11 Å². The molecule has 200 valence electrons. The van der Waals surface area contributed by atoms with E-state index < -0.39 is 5.92 Å². The zero-order chi connectivity index (χ0) is 27.6. The molecule has 5 rings (SSSR count). The first-order valence-electron chi connectivity index (χ1n) is 13.6. The van der Waals surface area contributed by atoms with Crippen molar-refractivity contribution in [2.24, 2.45) is 5.41 Å². The highest BCUT2D eigenvalue weighted by Gasteiger charge is 2.43. The molecule has 39 heavy (non-hydrogen) atoms. The zero-order valence-electron chi connectivity index (χ0n) is 23.1. The minimum absolute atomic E-state index is 0.112. The lowest BCUT2D eigenvalue weighted by atomic mass is 9.68. The van der Waals surface area contributed by atoms with E-state index in [1.807, 2.05) is 42.5 Å². The molecule has 0 spiro atoms. The van der Waals surface area contributed by atoms with Crippen LogP contribution in [0.4, 0.5) is 0 Å². The number of ether oxygens (including phenoxy) is 1. The maximum atomic E-state index is 13.9. The van der Waals surface area contributed by atoms with Gasteiger partial charge in [-0.15, -0.1) is 0 Å². The molecule has 0 bridgehead atoms. The minimum Gasteiger partial charge on any atom is -0.497 e. The fraction of sp³-hybridized carbons (Fsp3) is 0.294. The first-order chi connectivity index (χ1) is 18.8. The summed E-state index contributed by atoms with van der Waals surface area (Å²) >= 11 is 0. The van der Waals surface area contributed by atoms with Crippen LogP contribution in [0.15, 0.2) is 101 Å². The Balaban J connectivity index is 1.53. The third-order valence-electron chi connectivity index (χ3n) is 7.69. The molecule has 0 saturated carbocycles. The molecule has 5 nitrogen and oxygen atoms in total. The second-order valence-corrected chi connectivity index (χ2v) is 11.2. The van der Waals surface area contributed by atoms with Gasteiger partial charge in [0, 0.05) is 41.4 Å². The quantitative estimate of drug-likeness (QED) is 0.365. The molecular formula is C34H36N2O3. The second-order valence-electron chi connectivity index (χ2n) is 11.2. The summed E-state index contributed by atoms with van der Waals surface area (Å²) in [5.41, 5.74) is 7.23. The number of carbonyl (C=O) groups is 2. The first-order valence-corrected chi connectivity index (χ1v) is 13.6. The number of ketones is 1. The summed E-state index contributed by atoms with van der Waals surface area (Å²) in [4.78, 5) is 27.5. The van der Waals surface area contributed by atoms with Gasteiger partial charge in [-0.05, 0) is 52.6 Å². The van der Waals surface area contributed by atoms with Crippen molar-refractivity contribution in [1.82, 2.24) is 10.6 Å². The van der Waals surface area contributed by atoms with Crippen LogP contribution in [-0.2, 0) is 16.1 Å². The average molecular weight is 521 g/mol. The Morgan fingerprint density at radius 2 is 1.62 bits per heavy atom. The topological polar surface area (TPSA) is 67.4 Å². The number of carbonyl (C=O) groups excluding carboxylic acids is 2. The van der Waals surface area contributed by atoms with Gasteiger partial charge in [-0.1, -0.05) is 87.5 Å². The van der Waals surface area contributed by atoms with E-state index >= 15 is 0 Å². The highest BCUT2D eigenvalue weighted by atomic mass is 16.5. The van der Waals surface area contributed by atoms with Crippen LogP contribution in [0, 0.1) is 5.41 Å². The third-order valence-corrected chi connectivity index (χ3v) is 7.69. The van der Waals surface area contributed by atoms with Crippen molar-refractivity contribution >= 4 is 11.7 Å². The van der Waals surface area contributed by atoms with Gasteiger partial charge in [0.05, 0.1) is 7.11 Å².